The molecule has 18 heavy (non-hydrogen) atoms. The fourth-order valence-electron chi connectivity index (χ4n) is 3.18. The molecule has 1 atom stereocenters. The fraction of sp³-hybridized carbons (Fsp3) is 0.529. The van der Waals surface area contributed by atoms with Crippen LogP contribution in [0.1, 0.15) is 37.7 Å². The van der Waals surface area contributed by atoms with Crippen LogP contribution < -0.4 is 0 Å². The predicted molar refractivity (Wildman–Crippen MR) is 76.7 cm³/mol. The number of hydrogen-bond donors (Lipinski definition) is 0. The molecule has 1 aliphatic heterocycles. The van der Waals surface area contributed by atoms with Gasteiger partial charge in [-0.3, -0.25) is 4.90 Å². The van der Waals surface area contributed by atoms with Gasteiger partial charge in [-0.15, -0.1) is 0 Å². The summed E-state index contributed by atoms with van der Waals surface area (Å²) in [5.74, 6) is 0. The molecule has 1 fully saturated rings. The van der Waals surface area contributed by atoms with Crippen LogP contribution in [0.2, 0.25) is 0 Å². The number of rotatable bonds is 4. The van der Waals surface area contributed by atoms with Gasteiger partial charge in [0, 0.05) is 6.04 Å². The van der Waals surface area contributed by atoms with Crippen LogP contribution in [-0.4, -0.2) is 24.0 Å². The largest absolute Gasteiger partial charge is 0.296 e. The van der Waals surface area contributed by atoms with E-state index in [-0.39, 0.29) is 0 Å². The molecule has 1 unspecified atom stereocenters. The Morgan fingerprint density at radius 2 is 1.72 bits per heavy atom. The third-order valence-corrected chi connectivity index (χ3v) is 4.37. The van der Waals surface area contributed by atoms with Gasteiger partial charge in [0.2, 0.25) is 0 Å². The van der Waals surface area contributed by atoms with E-state index >= 15 is 0 Å². The Balaban J connectivity index is 1.73. The number of likely N-dealkylation sites (tertiary alicyclic amines) is 1. The third-order valence-electron chi connectivity index (χ3n) is 4.37. The Labute approximate surface area is 111 Å². The van der Waals surface area contributed by atoms with Crippen molar-refractivity contribution in [2.24, 2.45) is 0 Å². The molecule has 2 aliphatic rings. The molecule has 0 radical (unpaired) electrons. The van der Waals surface area contributed by atoms with E-state index in [1.807, 2.05) is 0 Å². The Bertz CT molecular complexity index is 401. The van der Waals surface area contributed by atoms with Crippen molar-refractivity contribution < 1.29 is 0 Å². The number of benzene rings is 1. The van der Waals surface area contributed by atoms with Gasteiger partial charge in [0.05, 0.1) is 0 Å². The zero-order valence-corrected chi connectivity index (χ0v) is 11.1. The molecular weight excluding hydrogens is 218 g/mol. The van der Waals surface area contributed by atoms with Crippen LogP contribution in [0.4, 0.5) is 0 Å². The molecule has 1 nitrogen and oxygen atoms in total. The van der Waals surface area contributed by atoms with Gasteiger partial charge in [0.15, 0.2) is 0 Å². The highest BCUT2D eigenvalue weighted by molar-refractivity contribution is 5.25. The Morgan fingerprint density at radius 3 is 2.33 bits per heavy atom. The summed E-state index contributed by atoms with van der Waals surface area (Å²) < 4.78 is 0. The van der Waals surface area contributed by atoms with Crippen LogP contribution in [-0.2, 0) is 6.42 Å². The van der Waals surface area contributed by atoms with Crippen LogP contribution in [0.5, 0.6) is 0 Å². The first kappa shape index (κ1) is 12.0. The molecule has 1 heteroatoms. The second-order valence-electron chi connectivity index (χ2n) is 5.62. The van der Waals surface area contributed by atoms with E-state index in [1.54, 1.807) is 5.57 Å². The molecule has 96 valence electrons. The monoisotopic (exact) mass is 241 g/mol. The van der Waals surface area contributed by atoms with Crippen molar-refractivity contribution in [1.29, 1.82) is 0 Å². The quantitative estimate of drug-likeness (QED) is 0.725. The summed E-state index contributed by atoms with van der Waals surface area (Å²) in [4.78, 5) is 2.72. The summed E-state index contributed by atoms with van der Waals surface area (Å²) in [6.45, 7) is 2.60. The van der Waals surface area contributed by atoms with Gasteiger partial charge < -0.3 is 0 Å². The molecule has 0 N–H and O–H groups in total. The summed E-state index contributed by atoms with van der Waals surface area (Å²) in [5, 5.41) is 0. The van der Waals surface area contributed by atoms with Gasteiger partial charge in [0.25, 0.3) is 0 Å². The first-order valence-corrected chi connectivity index (χ1v) is 7.40. The number of piperidine rings is 1. The van der Waals surface area contributed by atoms with Gasteiger partial charge in [-0.05, 0) is 50.8 Å². The number of hydrogen-bond acceptors (Lipinski definition) is 1. The normalized spacial score (nSPS) is 22.1. The molecule has 1 aromatic rings. The molecule has 0 spiro atoms. The standard InChI is InChI=1S/C17H23N/c1-3-8-15(9-4-1)14-17(16-10-7-11-16)18-12-5-2-6-13-18/h1,3-4,8-10,17H,2,5-7,11-14H2. The van der Waals surface area contributed by atoms with Crippen molar-refractivity contribution in [2.45, 2.75) is 44.6 Å². The van der Waals surface area contributed by atoms with Crippen molar-refractivity contribution in [1.82, 2.24) is 4.90 Å². The minimum Gasteiger partial charge on any atom is -0.296 e. The molecule has 1 aliphatic carbocycles. The summed E-state index contributed by atoms with van der Waals surface area (Å²) in [6, 6.07) is 11.7. The second-order valence-corrected chi connectivity index (χ2v) is 5.62. The van der Waals surface area contributed by atoms with Gasteiger partial charge >= 0.3 is 0 Å². The van der Waals surface area contributed by atoms with Crippen LogP contribution >= 0.6 is 0 Å². The van der Waals surface area contributed by atoms with Crippen molar-refractivity contribution in [2.75, 3.05) is 13.1 Å². The summed E-state index contributed by atoms with van der Waals surface area (Å²) in [7, 11) is 0. The van der Waals surface area contributed by atoms with Gasteiger partial charge in [-0.25, -0.2) is 0 Å². The second kappa shape index (κ2) is 5.71. The molecule has 0 saturated carbocycles. The first-order chi connectivity index (χ1) is 8.93. The Kier molecular flexibility index (Phi) is 3.80. The van der Waals surface area contributed by atoms with E-state index in [2.05, 4.69) is 41.3 Å². The first-order valence-electron chi connectivity index (χ1n) is 7.40. The van der Waals surface area contributed by atoms with Gasteiger partial charge in [-0.2, -0.15) is 0 Å². The van der Waals surface area contributed by atoms with Crippen molar-refractivity contribution in [3.05, 3.63) is 47.5 Å². The SMILES string of the molecule is C1=C(C(Cc2ccccc2)N2CCCCC2)CC1. The van der Waals surface area contributed by atoms with Crippen molar-refractivity contribution in [3.8, 4) is 0 Å². The minimum atomic E-state index is 0.682. The maximum atomic E-state index is 2.72. The zero-order valence-electron chi connectivity index (χ0n) is 11.1. The van der Waals surface area contributed by atoms with Gasteiger partial charge in [0.1, 0.15) is 0 Å². The van der Waals surface area contributed by atoms with Crippen LogP contribution in [0.3, 0.4) is 0 Å². The Hall–Kier alpha value is -1.08. The molecule has 1 saturated heterocycles. The van der Waals surface area contributed by atoms with E-state index in [0.717, 1.165) is 0 Å². The highest BCUT2D eigenvalue weighted by atomic mass is 15.2. The molecule has 0 amide bonds. The number of allylic oxidation sites excluding steroid dienone is 1. The fourth-order valence-corrected chi connectivity index (χ4v) is 3.18. The van der Waals surface area contributed by atoms with Gasteiger partial charge in [-0.1, -0.05) is 48.4 Å². The lowest BCUT2D eigenvalue weighted by Gasteiger charge is -2.38. The maximum absolute atomic E-state index is 2.72. The van der Waals surface area contributed by atoms with E-state index in [1.165, 1.54) is 57.2 Å². The van der Waals surface area contributed by atoms with E-state index < -0.39 is 0 Å². The molecule has 0 aromatic heterocycles. The summed E-state index contributed by atoms with van der Waals surface area (Å²) in [6.07, 6.45) is 10.5. The molecule has 1 aromatic carbocycles. The smallest absolute Gasteiger partial charge is 0.0348 e. The molecule has 0 bridgehead atoms. The zero-order chi connectivity index (χ0) is 12.2. The minimum absolute atomic E-state index is 0.682. The predicted octanol–water partition coefficient (Wildman–Crippen LogP) is 3.80. The number of nitrogens with zero attached hydrogens (tertiary/aromatic N) is 1. The van der Waals surface area contributed by atoms with E-state index in [4.69, 9.17) is 0 Å². The average Bonchev–Trinajstić information content (AvgIpc) is 2.38. The lowest BCUT2D eigenvalue weighted by atomic mass is 9.86. The topological polar surface area (TPSA) is 3.24 Å². The average molecular weight is 241 g/mol. The highest BCUT2D eigenvalue weighted by Crippen LogP contribution is 2.29. The lowest BCUT2D eigenvalue weighted by molar-refractivity contribution is 0.177. The molecule has 1 heterocycles. The van der Waals surface area contributed by atoms with Crippen LogP contribution in [0.15, 0.2) is 42.0 Å². The molecular formula is C17H23N. The summed E-state index contributed by atoms with van der Waals surface area (Å²) >= 11 is 0. The highest BCUT2D eigenvalue weighted by Gasteiger charge is 2.26. The van der Waals surface area contributed by atoms with Crippen LogP contribution in [0.25, 0.3) is 0 Å². The molecule has 3 rings (SSSR count). The third kappa shape index (κ3) is 2.67. The maximum Gasteiger partial charge on any atom is 0.0348 e. The van der Waals surface area contributed by atoms with Crippen LogP contribution in [0, 0.1) is 0 Å². The summed E-state index contributed by atoms with van der Waals surface area (Å²) in [5.41, 5.74) is 3.18. The Morgan fingerprint density at radius 1 is 1.00 bits per heavy atom. The van der Waals surface area contributed by atoms with Crippen molar-refractivity contribution in [3.63, 3.8) is 0 Å². The van der Waals surface area contributed by atoms with E-state index in [0.29, 0.717) is 6.04 Å². The van der Waals surface area contributed by atoms with Crippen molar-refractivity contribution >= 4 is 0 Å². The van der Waals surface area contributed by atoms with E-state index in [9.17, 15) is 0 Å². The lowest BCUT2D eigenvalue weighted by Crippen LogP contribution is -2.42.